The van der Waals surface area contributed by atoms with Crippen LogP contribution in [0, 0.1) is 11.8 Å². The van der Waals surface area contributed by atoms with Crippen molar-refractivity contribution in [3.63, 3.8) is 0 Å². The number of rotatable bonds is 5. The summed E-state index contributed by atoms with van der Waals surface area (Å²) in [6.45, 7) is 14.2. The summed E-state index contributed by atoms with van der Waals surface area (Å²) in [5.74, 6) is 1.38. The van der Waals surface area contributed by atoms with Crippen LogP contribution in [0.25, 0.3) is 0 Å². The van der Waals surface area contributed by atoms with Crippen molar-refractivity contribution in [3.05, 3.63) is 23.8 Å². The summed E-state index contributed by atoms with van der Waals surface area (Å²) < 4.78 is 5.50. The lowest BCUT2D eigenvalue weighted by atomic mass is 9.99. The molecule has 1 unspecified atom stereocenters. The number of nitrogens with one attached hydrogen (secondary N) is 1. The Morgan fingerprint density at radius 3 is 2.62 bits per heavy atom. The number of hydrogen-bond donors (Lipinski definition) is 1. The van der Waals surface area contributed by atoms with E-state index in [9.17, 15) is 4.79 Å². The molecular formula is C20H32N2O2. The van der Waals surface area contributed by atoms with Gasteiger partial charge in [0.05, 0.1) is 5.69 Å². The molecule has 1 aliphatic heterocycles. The zero-order valence-corrected chi connectivity index (χ0v) is 16.0. The van der Waals surface area contributed by atoms with Gasteiger partial charge in [-0.15, -0.1) is 0 Å². The van der Waals surface area contributed by atoms with Crippen molar-refractivity contribution in [2.45, 2.75) is 60.0 Å². The van der Waals surface area contributed by atoms with Gasteiger partial charge in [0.2, 0.25) is 0 Å². The maximum atomic E-state index is 12.3. The van der Waals surface area contributed by atoms with Crippen LogP contribution in [0.2, 0.25) is 0 Å². The van der Waals surface area contributed by atoms with E-state index >= 15 is 0 Å². The van der Waals surface area contributed by atoms with Crippen molar-refractivity contribution in [1.29, 1.82) is 0 Å². The van der Waals surface area contributed by atoms with E-state index in [-0.39, 0.29) is 6.09 Å². The molecule has 0 bridgehead atoms. The lowest BCUT2D eigenvalue weighted by molar-refractivity contribution is 0.0584. The van der Waals surface area contributed by atoms with E-state index in [0.29, 0.717) is 12.5 Å². The molecule has 1 atom stereocenters. The molecule has 2 rings (SSSR count). The zero-order valence-electron chi connectivity index (χ0n) is 16.0. The van der Waals surface area contributed by atoms with Gasteiger partial charge in [-0.1, -0.05) is 20.8 Å². The first-order valence-corrected chi connectivity index (χ1v) is 9.03. The minimum atomic E-state index is -0.464. The van der Waals surface area contributed by atoms with Gasteiger partial charge in [0.1, 0.15) is 5.60 Å². The van der Waals surface area contributed by atoms with E-state index < -0.39 is 5.60 Å². The second-order valence-corrected chi connectivity index (χ2v) is 8.34. The van der Waals surface area contributed by atoms with E-state index in [0.717, 1.165) is 30.3 Å². The van der Waals surface area contributed by atoms with Gasteiger partial charge in [-0.2, -0.15) is 0 Å². The predicted molar refractivity (Wildman–Crippen MR) is 101 cm³/mol. The summed E-state index contributed by atoms with van der Waals surface area (Å²) in [4.78, 5) is 14.1. The number of nitrogens with zero attached hydrogens (tertiary/aromatic N) is 1. The van der Waals surface area contributed by atoms with Crippen molar-refractivity contribution in [1.82, 2.24) is 0 Å². The van der Waals surface area contributed by atoms with Crippen LogP contribution in [0.15, 0.2) is 18.2 Å². The maximum Gasteiger partial charge on any atom is 0.414 e. The second kappa shape index (κ2) is 7.45. The highest BCUT2D eigenvalue weighted by atomic mass is 16.6. The largest absolute Gasteiger partial charge is 0.443 e. The van der Waals surface area contributed by atoms with E-state index in [2.05, 4.69) is 38.2 Å². The highest BCUT2D eigenvalue weighted by Crippen LogP contribution is 2.31. The Morgan fingerprint density at radius 2 is 2.00 bits per heavy atom. The summed E-state index contributed by atoms with van der Waals surface area (Å²) in [6.07, 6.45) is 1.85. The van der Waals surface area contributed by atoms with Gasteiger partial charge in [-0.25, -0.2) is 4.79 Å². The van der Waals surface area contributed by atoms with Gasteiger partial charge in [0.25, 0.3) is 0 Å². The van der Waals surface area contributed by atoms with Crippen LogP contribution in [0.3, 0.4) is 0 Å². The molecule has 1 aromatic carbocycles. The van der Waals surface area contributed by atoms with Crippen LogP contribution in [0.4, 0.5) is 16.2 Å². The smallest absolute Gasteiger partial charge is 0.414 e. The first kappa shape index (κ1) is 18.6. The molecule has 0 radical (unpaired) electrons. The average molecular weight is 332 g/mol. The van der Waals surface area contributed by atoms with Gasteiger partial charge in [-0.05, 0) is 69.2 Å². The SMILES string of the molecule is CC(C)CC(C)CNc1ccc2c(c1)CCN2C(=O)OC(C)(C)C. The molecule has 24 heavy (non-hydrogen) atoms. The molecule has 4 nitrogen and oxygen atoms in total. The van der Waals surface area contributed by atoms with E-state index in [1.807, 2.05) is 26.8 Å². The Kier molecular flexibility index (Phi) is 5.79. The monoisotopic (exact) mass is 332 g/mol. The molecule has 0 fully saturated rings. The third kappa shape index (κ3) is 5.15. The highest BCUT2D eigenvalue weighted by molar-refractivity contribution is 5.91. The Morgan fingerprint density at radius 1 is 1.29 bits per heavy atom. The van der Waals surface area contributed by atoms with E-state index in [1.165, 1.54) is 12.0 Å². The average Bonchev–Trinajstić information content (AvgIpc) is 2.85. The Hall–Kier alpha value is -1.71. The van der Waals surface area contributed by atoms with Crippen LogP contribution in [0.5, 0.6) is 0 Å². The lowest BCUT2D eigenvalue weighted by Crippen LogP contribution is -2.35. The first-order valence-electron chi connectivity index (χ1n) is 9.03. The van der Waals surface area contributed by atoms with Crippen molar-refractivity contribution in [2.75, 3.05) is 23.3 Å². The number of ether oxygens (including phenoxy) is 1. The normalized spacial score (nSPS) is 15.4. The molecular weight excluding hydrogens is 300 g/mol. The first-order chi connectivity index (χ1) is 11.2. The number of hydrogen-bond acceptors (Lipinski definition) is 3. The third-order valence-corrected chi connectivity index (χ3v) is 4.12. The summed E-state index contributed by atoms with van der Waals surface area (Å²) in [6, 6.07) is 6.26. The molecule has 1 amide bonds. The van der Waals surface area contributed by atoms with Crippen LogP contribution < -0.4 is 10.2 Å². The summed E-state index contributed by atoms with van der Waals surface area (Å²) in [5, 5.41) is 3.53. The molecule has 1 aliphatic rings. The van der Waals surface area contributed by atoms with E-state index in [1.54, 1.807) is 4.90 Å². The number of carbonyl (C=O) groups is 1. The summed E-state index contributed by atoms with van der Waals surface area (Å²) >= 11 is 0. The molecule has 0 saturated heterocycles. The van der Waals surface area contributed by atoms with Gasteiger partial charge in [-0.3, -0.25) is 4.90 Å². The second-order valence-electron chi connectivity index (χ2n) is 8.34. The lowest BCUT2D eigenvalue weighted by Gasteiger charge is -2.25. The molecule has 1 N–H and O–H groups in total. The minimum Gasteiger partial charge on any atom is -0.443 e. The molecule has 1 heterocycles. The van der Waals surface area contributed by atoms with Gasteiger partial charge in [0, 0.05) is 18.8 Å². The third-order valence-electron chi connectivity index (χ3n) is 4.12. The fraction of sp³-hybridized carbons (Fsp3) is 0.650. The fourth-order valence-electron chi connectivity index (χ4n) is 3.20. The minimum absolute atomic E-state index is 0.257. The molecule has 0 spiro atoms. The topological polar surface area (TPSA) is 41.6 Å². The quantitative estimate of drug-likeness (QED) is 0.817. The highest BCUT2D eigenvalue weighted by Gasteiger charge is 2.28. The van der Waals surface area contributed by atoms with Crippen LogP contribution >= 0.6 is 0 Å². The fourth-order valence-corrected chi connectivity index (χ4v) is 3.20. The molecule has 0 saturated carbocycles. The molecule has 134 valence electrons. The van der Waals surface area contributed by atoms with Crippen LogP contribution in [-0.2, 0) is 11.2 Å². The zero-order chi connectivity index (χ0) is 17.9. The Balaban J connectivity index is 1.99. The van der Waals surface area contributed by atoms with Crippen molar-refractivity contribution < 1.29 is 9.53 Å². The molecule has 1 aromatic rings. The summed E-state index contributed by atoms with van der Waals surface area (Å²) in [7, 11) is 0. The van der Waals surface area contributed by atoms with Gasteiger partial charge < -0.3 is 10.1 Å². The number of benzene rings is 1. The molecule has 0 aromatic heterocycles. The van der Waals surface area contributed by atoms with Crippen LogP contribution in [-0.4, -0.2) is 24.8 Å². The maximum absolute atomic E-state index is 12.3. The number of anilines is 2. The van der Waals surface area contributed by atoms with Crippen molar-refractivity contribution in [3.8, 4) is 0 Å². The van der Waals surface area contributed by atoms with Crippen molar-refractivity contribution >= 4 is 17.5 Å². The molecule has 4 heteroatoms. The van der Waals surface area contributed by atoms with E-state index in [4.69, 9.17) is 4.74 Å². The Bertz CT molecular complexity index is 575. The van der Waals surface area contributed by atoms with Crippen molar-refractivity contribution in [2.24, 2.45) is 11.8 Å². The standard InChI is InChI=1S/C20H32N2O2/c1-14(2)11-15(3)13-21-17-7-8-18-16(12-17)9-10-22(18)19(23)24-20(4,5)6/h7-8,12,14-15,21H,9-11,13H2,1-6H3. The Labute approximate surface area is 146 Å². The number of carbonyl (C=O) groups excluding carboxylic acids is 1. The van der Waals surface area contributed by atoms with Gasteiger partial charge in [0.15, 0.2) is 0 Å². The number of amides is 1. The van der Waals surface area contributed by atoms with Gasteiger partial charge >= 0.3 is 6.09 Å². The molecule has 0 aliphatic carbocycles. The predicted octanol–water partition coefficient (Wildman–Crippen LogP) is 5.08. The summed E-state index contributed by atoms with van der Waals surface area (Å²) in [5.41, 5.74) is 2.86. The van der Waals surface area contributed by atoms with Crippen LogP contribution in [0.1, 0.15) is 53.5 Å². The number of fused-ring (bicyclic) bond motifs is 1.